The molecule has 0 radical (unpaired) electrons. The van der Waals surface area contributed by atoms with E-state index in [0.717, 1.165) is 11.5 Å². The highest BCUT2D eigenvalue weighted by Gasteiger charge is 2.09. The largest absolute Gasteiger partial charge is 0.288 e. The van der Waals surface area contributed by atoms with Gasteiger partial charge in [0.1, 0.15) is 11.3 Å². The van der Waals surface area contributed by atoms with E-state index < -0.39 is 4.92 Å². The molecule has 0 saturated carbocycles. The van der Waals surface area contributed by atoms with Crippen molar-refractivity contribution in [3.63, 3.8) is 0 Å². The molecule has 4 nitrogen and oxygen atoms in total. The van der Waals surface area contributed by atoms with E-state index >= 15 is 0 Å². The third-order valence-electron chi connectivity index (χ3n) is 1.48. The number of nitrogens with zero attached hydrogens (tertiary/aromatic N) is 2. The molecule has 0 N–H and O–H groups in total. The van der Waals surface area contributed by atoms with E-state index in [1.54, 1.807) is 0 Å². The molecule has 0 amide bonds. The second kappa shape index (κ2) is 5.69. The zero-order chi connectivity index (χ0) is 11.3. The number of alkyl halides is 1. The number of hydrogen-bond donors (Lipinski definition) is 0. The first-order valence-electron chi connectivity index (χ1n) is 4.00. The van der Waals surface area contributed by atoms with Gasteiger partial charge in [0.05, 0.1) is 10.5 Å². The zero-order valence-electron chi connectivity index (χ0n) is 7.54. The molecule has 6 heteroatoms. The van der Waals surface area contributed by atoms with Gasteiger partial charge in [0.15, 0.2) is 0 Å². The maximum absolute atomic E-state index is 10.5. The smallest absolute Gasteiger partial charge is 0.258 e. The highest BCUT2D eigenvalue weighted by Crippen LogP contribution is 2.17. The van der Waals surface area contributed by atoms with Gasteiger partial charge in [-0.05, 0) is 0 Å². The lowest BCUT2D eigenvalue weighted by Gasteiger charge is -1.94. The van der Waals surface area contributed by atoms with Crippen LogP contribution < -0.4 is 0 Å². The molecular weight excluding hydrogens is 283 g/mol. The van der Waals surface area contributed by atoms with Gasteiger partial charge < -0.3 is 0 Å². The molecule has 78 valence electrons. The fourth-order valence-corrected chi connectivity index (χ4v) is 1.18. The predicted octanol–water partition coefficient (Wildman–Crippen LogP) is 2.78. The summed E-state index contributed by atoms with van der Waals surface area (Å²) in [6.45, 7) is 0. The fourth-order valence-electron chi connectivity index (χ4n) is 0.830. The summed E-state index contributed by atoms with van der Waals surface area (Å²) in [7, 11) is 0. The molecule has 0 aromatic carbocycles. The van der Waals surface area contributed by atoms with Crippen molar-refractivity contribution in [2.75, 3.05) is 5.33 Å². The number of nitro groups is 1. The van der Waals surface area contributed by atoms with Crippen molar-refractivity contribution < 1.29 is 4.92 Å². The number of hydrogen-bond acceptors (Lipinski definition) is 3. The minimum Gasteiger partial charge on any atom is -0.258 e. The Morgan fingerprint density at radius 3 is 3.00 bits per heavy atom. The summed E-state index contributed by atoms with van der Waals surface area (Å²) in [6, 6.07) is 1.32. The van der Waals surface area contributed by atoms with E-state index in [-0.39, 0.29) is 10.8 Å². The number of pyridine rings is 1. The van der Waals surface area contributed by atoms with Crippen LogP contribution in [0.5, 0.6) is 0 Å². The first-order valence-corrected chi connectivity index (χ1v) is 5.50. The first kappa shape index (κ1) is 12.0. The Morgan fingerprint density at radius 2 is 2.40 bits per heavy atom. The molecule has 1 rings (SSSR count). The van der Waals surface area contributed by atoms with Crippen molar-refractivity contribution in [2.45, 2.75) is 6.42 Å². The summed E-state index contributed by atoms with van der Waals surface area (Å²) in [6.07, 6.45) is 1.76. The van der Waals surface area contributed by atoms with Crippen molar-refractivity contribution >= 4 is 33.2 Å². The Bertz CT molecular complexity index is 439. The van der Waals surface area contributed by atoms with Gasteiger partial charge in [-0.2, -0.15) is 0 Å². The summed E-state index contributed by atoms with van der Waals surface area (Å²) in [4.78, 5) is 13.6. The van der Waals surface area contributed by atoms with Crippen LogP contribution in [0.4, 0.5) is 5.69 Å². The first-order chi connectivity index (χ1) is 7.15. The lowest BCUT2D eigenvalue weighted by atomic mass is 10.2. The molecule has 1 heterocycles. The third-order valence-corrected chi connectivity index (χ3v) is 2.18. The van der Waals surface area contributed by atoms with Gasteiger partial charge in [-0.1, -0.05) is 39.4 Å². The van der Waals surface area contributed by atoms with Gasteiger partial charge in [0, 0.05) is 17.8 Å². The Morgan fingerprint density at radius 1 is 1.67 bits per heavy atom. The highest BCUT2D eigenvalue weighted by atomic mass is 79.9. The molecule has 1 aromatic heterocycles. The van der Waals surface area contributed by atoms with Gasteiger partial charge in [-0.3, -0.25) is 10.1 Å². The monoisotopic (exact) mass is 288 g/mol. The van der Waals surface area contributed by atoms with Crippen molar-refractivity contribution in [1.29, 1.82) is 0 Å². The molecule has 0 spiro atoms. The molecule has 0 aliphatic heterocycles. The maximum Gasteiger partial charge on any atom is 0.288 e. The second-order valence-corrected chi connectivity index (χ2v) is 3.68. The molecule has 0 aliphatic rings. The summed E-state index contributed by atoms with van der Waals surface area (Å²) < 4.78 is 0. The molecule has 0 unspecified atom stereocenters. The molecular formula is C9H6BrClN2O2. The van der Waals surface area contributed by atoms with Gasteiger partial charge in [0.25, 0.3) is 5.69 Å². The fraction of sp³-hybridized carbons (Fsp3) is 0.222. The number of aromatic nitrogens is 1. The van der Waals surface area contributed by atoms with Gasteiger partial charge >= 0.3 is 0 Å². The molecule has 0 fully saturated rings. The number of rotatable bonds is 2. The summed E-state index contributed by atoms with van der Waals surface area (Å²) in [5.74, 6) is 5.54. The van der Waals surface area contributed by atoms with E-state index in [4.69, 9.17) is 11.6 Å². The minimum absolute atomic E-state index is 0.109. The summed E-state index contributed by atoms with van der Waals surface area (Å²) in [5.41, 5.74) is 0.273. The summed E-state index contributed by atoms with van der Waals surface area (Å²) in [5, 5.41) is 11.4. The third kappa shape index (κ3) is 3.50. The predicted molar refractivity (Wildman–Crippen MR) is 61.2 cm³/mol. The average Bonchev–Trinajstić information content (AvgIpc) is 2.20. The van der Waals surface area contributed by atoms with Gasteiger partial charge in [0.2, 0.25) is 0 Å². The maximum atomic E-state index is 10.5. The lowest BCUT2D eigenvalue weighted by molar-refractivity contribution is -0.385. The lowest BCUT2D eigenvalue weighted by Crippen LogP contribution is -1.91. The van der Waals surface area contributed by atoms with Crippen LogP contribution in [-0.4, -0.2) is 15.2 Å². The van der Waals surface area contributed by atoms with Crippen LogP contribution in [0.1, 0.15) is 12.0 Å². The summed E-state index contributed by atoms with van der Waals surface area (Å²) >= 11 is 8.95. The van der Waals surface area contributed by atoms with Crippen molar-refractivity contribution in [3.05, 3.63) is 33.1 Å². The normalized spacial score (nSPS) is 9.20. The standard InChI is InChI=1S/C9H6BrClN2O2/c10-4-2-1-3-7-5-8(13(14)15)6-12-9(7)11/h5-6H,2,4H2. The van der Waals surface area contributed by atoms with Crippen molar-refractivity contribution in [1.82, 2.24) is 4.98 Å². The molecule has 0 atom stereocenters. The second-order valence-electron chi connectivity index (χ2n) is 2.53. The number of halogens is 2. The van der Waals surface area contributed by atoms with Crippen LogP contribution in [0.25, 0.3) is 0 Å². The van der Waals surface area contributed by atoms with Crippen molar-refractivity contribution in [2.24, 2.45) is 0 Å². The van der Waals surface area contributed by atoms with Gasteiger partial charge in [-0.25, -0.2) is 4.98 Å². The van der Waals surface area contributed by atoms with Gasteiger partial charge in [-0.15, -0.1) is 0 Å². The minimum atomic E-state index is -0.529. The van der Waals surface area contributed by atoms with Crippen LogP contribution in [0.15, 0.2) is 12.3 Å². The topological polar surface area (TPSA) is 56.0 Å². The van der Waals surface area contributed by atoms with Crippen molar-refractivity contribution in [3.8, 4) is 11.8 Å². The Labute approximate surface area is 99.9 Å². The molecule has 1 aromatic rings. The zero-order valence-corrected chi connectivity index (χ0v) is 9.88. The Kier molecular flexibility index (Phi) is 4.53. The molecule has 0 aliphatic carbocycles. The molecule has 15 heavy (non-hydrogen) atoms. The van der Waals surface area contributed by atoms with Crippen LogP contribution in [0.2, 0.25) is 5.15 Å². The van der Waals surface area contributed by atoms with E-state index in [9.17, 15) is 10.1 Å². The molecule has 0 saturated heterocycles. The average molecular weight is 290 g/mol. The van der Waals surface area contributed by atoms with E-state index in [1.165, 1.54) is 6.07 Å². The Balaban J connectivity index is 3.02. The van der Waals surface area contributed by atoms with E-state index in [1.807, 2.05) is 0 Å². The van der Waals surface area contributed by atoms with E-state index in [2.05, 4.69) is 32.8 Å². The van der Waals surface area contributed by atoms with Crippen LogP contribution in [-0.2, 0) is 0 Å². The Hall–Kier alpha value is -1.12. The van der Waals surface area contributed by atoms with Crippen LogP contribution >= 0.6 is 27.5 Å². The quantitative estimate of drug-likeness (QED) is 0.276. The van der Waals surface area contributed by atoms with E-state index in [0.29, 0.717) is 12.0 Å². The highest BCUT2D eigenvalue weighted by molar-refractivity contribution is 9.09. The SMILES string of the molecule is O=[N+]([O-])c1cnc(Cl)c(C#CCCBr)c1. The van der Waals surface area contributed by atoms with Crippen LogP contribution in [0, 0.1) is 22.0 Å². The molecule has 0 bridgehead atoms. The van der Waals surface area contributed by atoms with Crippen LogP contribution in [0.3, 0.4) is 0 Å².